The molecule has 1 aliphatic heterocycles. The van der Waals surface area contributed by atoms with Crippen molar-refractivity contribution in [1.82, 2.24) is 14.8 Å². The molecule has 4 rings (SSSR count). The van der Waals surface area contributed by atoms with Crippen LogP contribution < -0.4 is 10.6 Å². The van der Waals surface area contributed by atoms with Crippen LogP contribution in [0.15, 0.2) is 36.7 Å². The minimum absolute atomic E-state index is 0.0409. The monoisotopic (exact) mass is 457 g/mol. The number of aryl methyl sites for hydroxylation is 1. The molecule has 0 spiro atoms. The van der Waals surface area contributed by atoms with Crippen molar-refractivity contribution in [3.8, 4) is 0 Å². The van der Waals surface area contributed by atoms with Gasteiger partial charge in [-0.25, -0.2) is 18.1 Å². The second kappa shape index (κ2) is 9.25. The summed E-state index contributed by atoms with van der Waals surface area (Å²) in [6, 6.07) is 6.88. The summed E-state index contributed by atoms with van der Waals surface area (Å²) in [6.45, 7) is 3.99. The van der Waals surface area contributed by atoms with Crippen LogP contribution in [-0.2, 0) is 26.9 Å². The number of nitrogens with zero attached hydrogens (tertiary/aromatic N) is 3. The number of hydrogen-bond acceptors (Lipinski definition) is 7. The topological polar surface area (TPSA) is 115 Å². The van der Waals surface area contributed by atoms with Crippen LogP contribution in [-0.4, -0.2) is 54.6 Å². The van der Waals surface area contributed by atoms with E-state index in [1.54, 1.807) is 41.3 Å². The zero-order valence-electron chi connectivity index (χ0n) is 18.2. The number of carbonyl (C=O) groups is 1. The molecule has 1 atom stereocenters. The first-order valence-corrected chi connectivity index (χ1v) is 12.7. The number of pyridine rings is 1. The molecule has 1 unspecified atom stereocenters. The first kappa shape index (κ1) is 22.2. The Morgan fingerprint density at radius 1 is 1.25 bits per heavy atom. The first-order valence-electron chi connectivity index (χ1n) is 10.6. The molecular formula is C22H27N5O4S. The van der Waals surface area contributed by atoms with E-state index in [-0.39, 0.29) is 17.7 Å². The predicted octanol–water partition coefficient (Wildman–Crippen LogP) is 2.84. The Balaban J connectivity index is 1.62. The van der Waals surface area contributed by atoms with E-state index in [9.17, 15) is 13.2 Å². The van der Waals surface area contributed by atoms with Gasteiger partial charge < -0.3 is 15.4 Å². The third kappa shape index (κ3) is 5.08. The van der Waals surface area contributed by atoms with Gasteiger partial charge in [-0.15, -0.1) is 0 Å². The van der Waals surface area contributed by atoms with E-state index < -0.39 is 9.84 Å². The van der Waals surface area contributed by atoms with Crippen molar-refractivity contribution in [1.29, 1.82) is 0 Å². The largest absolute Gasteiger partial charge is 0.379 e. The van der Waals surface area contributed by atoms with E-state index >= 15 is 0 Å². The molecule has 10 heteroatoms. The molecule has 3 aromatic rings. The summed E-state index contributed by atoms with van der Waals surface area (Å²) in [7, 11) is -3.12. The summed E-state index contributed by atoms with van der Waals surface area (Å²) < 4.78 is 30.3. The quantitative estimate of drug-likeness (QED) is 0.560. The maximum Gasteiger partial charge on any atom is 0.259 e. The van der Waals surface area contributed by atoms with Crippen LogP contribution in [0.2, 0.25) is 0 Å². The van der Waals surface area contributed by atoms with Crippen LogP contribution >= 0.6 is 0 Å². The van der Waals surface area contributed by atoms with Gasteiger partial charge in [0, 0.05) is 37.3 Å². The molecule has 32 heavy (non-hydrogen) atoms. The number of sulfone groups is 1. The molecule has 1 aliphatic rings. The average Bonchev–Trinajstić information content (AvgIpc) is 3.19. The first-order chi connectivity index (χ1) is 15.3. The van der Waals surface area contributed by atoms with Crippen molar-refractivity contribution in [3.63, 3.8) is 0 Å². The lowest BCUT2D eigenvalue weighted by Gasteiger charge is -2.25. The third-order valence-corrected chi connectivity index (χ3v) is 6.22. The molecular weight excluding hydrogens is 430 g/mol. The minimum atomic E-state index is -3.12. The van der Waals surface area contributed by atoms with E-state index in [1.165, 1.54) is 6.26 Å². The SMILES string of the molecule is CCn1ncc2c(NC3CCCOC3)c(C(=O)Nc3ccc(CS(C)(=O)=O)cc3)cnc21. The molecule has 9 nitrogen and oxygen atoms in total. The molecule has 3 heterocycles. The molecule has 1 saturated heterocycles. The van der Waals surface area contributed by atoms with Crippen molar-refractivity contribution < 1.29 is 17.9 Å². The van der Waals surface area contributed by atoms with Gasteiger partial charge in [-0.2, -0.15) is 5.10 Å². The normalized spacial score (nSPS) is 16.8. The van der Waals surface area contributed by atoms with Crippen LogP contribution in [0.3, 0.4) is 0 Å². The van der Waals surface area contributed by atoms with Crippen molar-refractivity contribution >= 4 is 38.2 Å². The maximum atomic E-state index is 13.2. The van der Waals surface area contributed by atoms with Crippen molar-refractivity contribution in [2.45, 2.75) is 38.1 Å². The van der Waals surface area contributed by atoms with Gasteiger partial charge in [-0.05, 0) is 37.5 Å². The van der Waals surface area contributed by atoms with Gasteiger partial charge in [-0.3, -0.25) is 4.79 Å². The van der Waals surface area contributed by atoms with Crippen LogP contribution in [0.25, 0.3) is 11.0 Å². The van der Waals surface area contributed by atoms with Gasteiger partial charge in [-0.1, -0.05) is 12.1 Å². The molecule has 0 bridgehead atoms. The highest BCUT2D eigenvalue weighted by atomic mass is 32.2. The molecule has 1 amide bonds. The molecule has 2 N–H and O–H groups in total. The number of anilines is 2. The molecule has 0 radical (unpaired) electrons. The lowest BCUT2D eigenvalue weighted by molar-refractivity contribution is 0.0875. The second-order valence-corrected chi connectivity index (χ2v) is 10.2. The number of rotatable bonds is 7. The Bertz CT molecular complexity index is 1220. The number of carbonyl (C=O) groups excluding carboxylic acids is 1. The van der Waals surface area contributed by atoms with E-state index in [2.05, 4.69) is 20.7 Å². The molecule has 2 aromatic heterocycles. The Morgan fingerprint density at radius 2 is 2.03 bits per heavy atom. The van der Waals surface area contributed by atoms with E-state index in [0.29, 0.717) is 41.3 Å². The standard InChI is InChI=1S/C22H27N5O4S/c1-3-27-21-18(12-24-27)20(25-17-5-4-10-31-13-17)19(11-23-21)22(28)26-16-8-6-15(7-9-16)14-32(2,29)30/h6-9,11-12,17H,3-5,10,13-14H2,1-2H3,(H,23,25)(H,26,28). The van der Waals surface area contributed by atoms with Crippen molar-refractivity contribution in [3.05, 3.63) is 47.8 Å². The predicted molar refractivity (Wildman–Crippen MR) is 124 cm³/mol. The fraction of sp³-hybridized carbons (Fsp3) is 0.409. The number of fused-ring (bicyclic) bond motifs is 1. The number of aromatic nitrogens is 3. The van der Waals surface area contributed by atoms with Gasteiger partial charge in [0.25, 0.3) is 5.91 Å². The fourth-order valence-electron chi connectivity index (χ4n) is 3.83. The Kier molecular flexibility index (Phi) is 6.43. The van der Waals surface area contributed by atoms with Crippen LogP contribution in [0.5, 0.6) is 0 Å². The number of hydrogen-bond donors (Lipinski definition) is 2. The summed E-state index contributed by atoms with van der Waals surface area (Å²) >= 11 is 0. The van der Waals surface area contributed by atoms with Crippen molar-refractivity contribution in [2.75, 3.05) is 30.1 Å². The Hall–Kier alpha value is -2.98. The minimum Gasteiger partial charge on any atom is -0.379 e. The third-order valence-electron chi connectivity index (χ3n) is 5.36. The van der Waals surface area contributed by atoms with E-state index in [4.69, 9.17) is 4.74 Å². The molecule has 1 aromatic carbocycles. The lowest BCUT2D eigenvalue weighted by atomic mass is 10.1. The summed E-state index contributed by atoms with van der Waals surface area (Å²) in [5.41, 5.74) is 3.06. The molecule has 1 fully saturated rings. The van der Waals surface area contributed by atoms with Gasteiger partial charge >= 0.3 is 0 Å². The zero-order valence-corrected chi connectivity index (χ0v) is 19.0. The maximum absolute atomic E-state index is 13.2. The van der Waals surface area contributed by atoms with Crippen LogP contribution in [0, 0.1) is 0 Å². The summed E-state index contributed by atoms with van der Waals surface area (Å²) in [6.07, 6.45) is 6.40. The van der Waals surface area contributed by atoms with Gasteiger partial charge in [0.05, 0.1) is 35.2 Å². The van der Waals surface area contributed by atoms with Crippen molar-refractivity contribution in [2.24, 2.45) is 0 Å². The van der Waals surface area contributed by atoms with E-state index in [0.717, 1.165) is 24.8 Å². The summed E-state index contributed by atoms with van der Waals surface area (Å²) in [5.74, 6) is -0.348. The highest BCUT2D eigenvalue weighted by Gasteiger charge is 2.22. The summed E-state index contributed by atoms with van der Waals surface area (Å²) in [5, 5.41) is 11.5. The highest BCUT2D eigenvalue weighted by Crippen LogP contribution is 2.29. The number of ether oxygens (including phenoxy) is 1. The van der Waals surface area contributed by atoms with E-state index in [1.807, 2.05) is 6.92 Å². The Morgan fingerprint density at radius 3 is 2.69 bits per heavy atom. The number of amides is 1. The molecule has 0 aliphatic carbocycles. The zero-order chi connectivity index (χ0) is 22.7. The average molecular weight is 458 g/mol. The second-order valence-electron chi connectivity index (χ2n) is 8.02. The van der Waals surface area contributed by atoms with Crippen LogP contribution in [0.4, 0.5) is 11.4 Å². The fourth-order valence-corrected chi connectivity index (χ4v) is 4.63. The van der Waals surface area contributed by atoms with Crippen LogP contribution in [0.1, 0.15) is 35.7 Å². The lowest BCUT2D eigenvalue weighted by Crippen LogP contribution is -2.31. The van der Waals surface area contributed by atoms with Gasteiger partial charge in [0.2, 0.25) is 0 Å². The number of nitrogens with one attached hydrogen (secondary N) is 2. The Labute approximate surface area is 187 Å². The molecule has 0 saturated carbocycles. The van der Waals surface area contributed by atoms with Gasteiger partial charge in [0.1, 0.15) is 0 Å². The smallest absolute Gasteiger partial charge is 0.259 e. The molecule has 170 valence electrons. The van der Waals surface area contributed by atoms with Gasteiger partial charge in [0.15, 0.2) is 15.5 Å². The summed E-state index contributed by atoms with van der Waals surface area (Å²) in [4.78, 5) is 17.6. The number of benzene rings is 1. The highest BCUT2D eigenvalue weighted by molar-refractivity contribution is 7.89.